The average molecular weight is 493 g/mol. The molecule has 3 aromatic rings. The van der Waals surface area contributed by atoms with Gasteiger partial charge >= 0.3 is 6.09 Å². The van der Waals surface area contributed by atoms with Crippen LogP contribution in [0.3, 0.4) is 0 Å². The zero-order valence-corrected chi connectivity index (χ0v) is 19.8. The number of fused-ring (bicyclic) bond motifs is 1. The van der Waals surface area contributed by atoms with Crippen molar-refractivity contribution in [1.82, 2.24) is 9.29 Å². The Morgan fingerprint density at radius 2 is 1.80 bits per heavy atom. The van der Waals surface area contributed by atoms with Crippen LogP contribution in [0.2, 0.25) is 0 Å². The van der Waals surface area contributed by atoms with E-state index < -0.39 is 21.7 Å². The summed E-state index contributed by atoms with van der Waals surface area (Å²) >= 11 is 3.54. The number of aryl methyl sites for hydroxylation is 1. The zero-order valence-electron chi connectivity index (χ0n) is 17.4. The maximum absolute atomic E-state index is 13.3. The highest BCUT2D eigenvalue weighted by atomic mass is 79.9. The number of H-pyrrole nitrogens is 1. The predicted octanol–water partition coefficient (Wildman–Crippen LogP) is 5.41. The SMILES string of the molecule is Cc1ccc(S(=O)(=O)N(CCc2c[nH]c3cccc(Br)c23)C(=O)OC(C)(C)C)cc1. The number of aromatic nitrogens is 1. The Kier molecular flexibility index (Phi) is 6.29. The van der Waals surface area contributed by atoms with E-state index in [0.717, 1.165) is 30.8 Å². The summed E-state index contributed by atoms with van der Waals surface area (Å²) in [6.45, 7) is 6.95. The summed E-state index contributed by atoms with van der Waals surface area (Å²) < 4.78 is 33.7. The molecule has 0 unspecified atom stereocenters. The summed E-state index contributed by atoms with van der Waals surface area (Å²) in [5.74, 6) is 0. The molecule has 0 bridgehead atoms. The quantitative estimate of drug-likeness (QED) is 0.516. The smallest absolute Gasteiger partial charge is 0.424 e. The molecule has 0 aliphatic rings. The van der Waals surface area contributed by atoms with E-state index in [9.17, 15) is 13.2 Å². The van der Waals surface area contributed by atoms with E-state index in [1.165, 1.54) is 12.1 Å². The molecular formula is C22H25BrN2O4S. The Labute approximate surface area is 185 Å². The summed E-state index contributed by atoms with van der Waals surface area (Å²) in [6, 6.07) is 12.2. The van der Waals surface area contributed by atoms with Crippen LogP contribution in [0.25, 0.3) is 10.9 Å². The van der Waals surface area contributed by atoms with Crippen molar-refractivity contribution in [2.45, 2.75) is 44.6 Å². The molecule has 0 aliphatic heterocycles. The molecule has 6 nitrogen and oxygen atoms in total. The largest absolute Gasteiger partial charge is 0.443 e. The first-order valence-electron chi connectivity index (χ1n) is 9.56. The van der Waals surface area contributed by atoms with Crippen LogP contribution in [0, 0.1) is 6.92 Å². The molecule has 1 heterocycles. The molecule has 1 N–H and O–H groups in total. The molecule has 3 rings (SSSR count). The Balaban J connectivity index is 1.95. The summed E-state index contributed by atoms with van der Waals surface area (Å²) in [4.78, 5) is 16.1. The third-order valence-corrected chi connectivity index (χ3v) is 6.97. The highest BCUT2D eigenvalue weighted by Crippen LogP contribution is 2.28. The van der Waals surface area contributed by atoms with Crippen LogP contribution in [0.4, 0.5) is 4.79 Å². The van der Waals surface area contributed by atoms with Crippen molar-refractivity contribution >= 4 is 42.9 Å². The highest BCUT2D eigenvalue weighted by Gasteiger charge is 2.33. The molecule has 0 fully saturated rings. The number of hydrogen-bond donors (Lipinski definition) is 1. The number of benzene rings is 2. The number of carbonyl (C=O) groups is 1. The normalized spacial score (nSPS) is 12.2. The van der Waals surface area contributed by atoms with Gasteiger partial charge in [0.15, 0.2) is 0 Å². The molecule has 0 saturated heterocycles. The summed E-state index contributed by atoms with van der Waals surface area (Å²) in [7, 11) is -4.07. The highest BCUT2D eigenvalue weighted by molar-refractivity contribution is 9.10. The fourth-order valence-electron chi connectivity index (χ4n) is 3.09. The van der Waals surface area contributed by atoms with Crippen molar-refractivity contribution in [2.75, 3.05) is 6.54 Å². The lowest BCUT2D eigenvalue weighted by molar-refractivity contribution is 0.0392. The molecule has 0 spiro atoms. The van der Waals surface area contributed by atoms with Gasteiger partial charge in [-0.3, -0.25) is 0 Å². The third kappa shape index (κ3) is 4.87. The van der Waals surface area contributed by atoms with Gasteiger partial charge in [0.25, 0.3) is 10.0 Å². The van der Waals surface area contributed by atoms with Crippen molar-refractivity contribution in [1.29, 1.82) is 0 Å². The Morgan fingerprint density at radius 3 is 2.43 bits per heavy atom. The van der Waals surface area contributed by atoms with Gasteiger partial charge in [-0.15, -0.1) is 0 Å². The number of nitrogens with one attached hydrogen (secondary N) is 1. The van der Waals surface area contributed by atoms with Gasteiger partial charge in [0.1, 0.15) is 5.60 Å². The first-order chi connectivity index (χ1) is 14.0. The number of nitrogens with zero attached hydrogens (tertiary/aromatic N) is 1. The van der Waals surface area contributed by atoms with Crippen molar-refractivity contribution in [3.8, 4) is 0 Å². The topological polar surface area (TPSA) is 79.5 Å². The summed E-state index contributed by atoms with van der Waals surface area (Å²) in [5.41, 5.74) is 1.96. The monoisotopic (exact) mass is 492 g/mol. The predicted molar refractivity (Wildman–Crippen MR) is 121 cm³/mol. The Hall–Kier alpha value is -2.32. The van der Waals surface area contributed by atoms with Crippen LogP contribution in [-0.2, 0) is 21.2 Å². The lowest BCUT2D eigenvalue weighted by atomic mass is 10.1. The number of aromatic amines is 1. The molecular weight excluding hydrogens is 468 g/mol. The second-order valence-corrected chi connectivity index (χ2v) is 10.8. The van der Waals surface area contributed by atoms with Gasteiger partial charge < -0.3 is 9.72 Å². The number of sulfonamides is 1. The molecule has 8 heteroatoms. The van der Waals surface area contributed by atoms with E-state index in [0.29, 0.717) is 6.42 Å². The molecule has 30 heavy (non-hydrogen) atoms. The fourth-order valence-corrected chi connectivity index (χ4v) is 5.01. The molecule has 1 amide bonds. The van der Waals surface area contributed by atoms with Crippen LogP contribution >= 0.6 is 15.9 Å². The molecule has 0 atom stereocenters. The van der Waals surface area contributed by atoms with Crippen molar-refractivity contribution in [2.24, 2.45) is 0 Å². The van der Waals surface area contributed by atoms with Gasteiger partial charge in [-0.2, -0.15) is 0 Å². The molecule has 2 aromatic carbocycles. The number of hydrogen-bond acceptors (Lipinski definition) is 4. The average Bonchev–Trinajstić information content (AvgIpc) is 3.05. The van der Waals surface area contributed by atoms with E-state index in [-0.39, 0.29) is 11.4 Å². The minimum atomic E-state index is -4.07. The van der Waals surface area contributed by atoms with Crippen molar-refractivity contribution in [3.63, 3.8) is 0 Å². The van der Waals surface area contributed by atoms with Crippen LogP contribution in [0.1, 0.15) is 31.9 Å². The lowest BCUT2D eigenvalue weighted by Crippen LogP contribution is -2.41. The van der Waals surface area contributed by atoms with Crippen LogP contribution in [0.15, 0.2) is 58.0 Å². The number of carbonyl (C=O) groups excluding carboxylic acids is 1. The van der Waals surface area contributed by atoms with E-state index in [4.69, 9.17) is 4.74 Å². The van der Waals surface area contributed by atoms with Crippen LogP contribution in [0.5, 0.6) is 0 Å². The summed E-state index contributed by atoms with van der Waals surface area (Å²) in [6.07, 6.45) is 1.29. The van der Waals surface area contributed by atoms with E-state index >= 15 is 0 Å². The van der Waals surface area contributed by atoms with Crippen molar-refractivity contribution in [3.05, 3.63) is 64.3 Å². The molecule has 160 valence electrons. The lowest BCUT2D eigenvalue weighted by Gasteiger charge is -2.27. The maximum Gasteiger partial charge on any atom is 0.424 e. The van der Waals surface area contributed by atoms with Gasteiger partial charge in [0, 0.05) is 28.1 Å². The number of halogens is 1. The van der Waals surface area contributed by atoms with Gasteiger partial charge in [-0.25, -0.2) is 17.5 Å². The minimum absolute atomic E-state index is 0.0423. The van der Waals surface area contributed by atoms with E-state index in [1.807, 2.05) is 31.3 Å². The minimum Gasteiger partial charge on any atom is -0.443 e. The Bertz CT molecular complexity index is 1160. The first kappa shape index (κ1) is 22.4. The molecule has 0 aliphatic carbocycles. The fraction of sp³-hybridized carbons (Fsp3) is 0.318. The summed E-state index contributed by atoms with van der Waals surface area (Å²) in [5, 5.41) is 0.967. The standard InChI is InChI=1S/C22H25BrN2O4S/c1-15-8-10-17(11-9-15)30(27,28)25(21(26)29-22(2,3)4)13-12-16-14-24-19-7-5-6-18(23)20(16)19/h5-11,14,24H,12-13H2,1-4H3. The van der Waals surface area contributed by atoms with Crippen LogP contribution in [-0.4, -0.2) is 35.9 Å². The number of ether oxygens (including phenoxy) is 1. The Morgan fingerprint density at radius 1 is 1.13 bits per heavy atom. The molecule has 0 saturated carbocycles. The molecule has 1 aromatic heterocycles. The van der Waals surface area contributed by atoms with Gasteiger partial charge in [0.05, 0.1) is 4.90 Å². The molecule has 0 radical (unpaired) electrons. The van der Waals surface area contributed by atoms with Crippen molar-refractivity contribution < 1.29 is 17.9 Å². The van der Waals surface area contributed by atoms with E-state index in [2.05, 4.69) is 20.9 Å². The number of rotatable bonds is 5. The van der Waals surface area contributed by atoms with Gasteiger partial charge in [0.2, 0.25) is 0 Å². The van der Waals surface area contributed by atoms with Gasteiger partial charge in [-0.05, 0) is 63.9 Å². The van der Waals surface area contributed by atoms with Gasteiger partial charge in [-0.1, -0.05) is 39.7 Å². The second kappa shape index (κ2) is 8.43. The number of amides is 1. The second-order valence-electron chi connectivity index (χ2n) is 8.10. The first-order valence-corrected chi connectivity index (χ1v) is 11.8. The van der Waals surface area contributed by atoms with Crippen LogP contribution < -0.4 is 0 Å². The maximum atomic E-state index is 13.3. The zero-order chi connectivity index (χ0) is 22.1. The van der Waals surface area contributed by atoms with E-state index in [1.54, 1.807) is 32.9 Å². The third-order valence-electron chi connectivity index (χ3n) is 4.53.